The molecule has 3 aromatic rings. The lowest BCUT2D eigenvalue weighted by molar-refractivity contribution is -0.137. The number of phenolic OH excluding ortho intramolecular Hbond substituents is 1. The fourth-order valence-corrected chi connectivity index (χ4v) is 2.87. The van der Waals surface area contributed by atoms with E-state index >= 15 is 0 Å². The summed E-state index contributed by atoms with van der Waals surface area (Å²) in [7, 11) is 0. The number of alkyl halides is 3. The molecule has 0 aliphatic rings. The maximum absolute atomic E-state index is 12.7. The van der Waals surface area contributed by atoms with E-state index in [0.717, 1.165) is 12.1 Å². The molecule has 0 aliphatic heterocycles. The number of hydrogen-bond donors (Lipinski definition) is 1. The number of phenols is 1. The molecule has 0 saturated carbocycles. The van der Waals surface area contributed by atoms with E-state index in [9.17, 15) is 23.1 Å². The highest BCUT2D eigenvalue weighted by Crippen LogP contribution is 2.34. The van der Waals surface area contributed by atoms with Gasteiger partial charge in [-0.15, -0.1) is 0 Å². The van der Waals surface area contributed by atoms with Crippen LogP contribution in [-0.4, -0.2) is 15.9 Å². The van der Waals surface area contributed by atoms with Crippen LogP contribution in [0.3, 0.4) is 0 Å². The molecule has 0 saturated heterocycles. The molecule has 150 valence electrons. The van der Waals surface area contributed by atoms with Gasteiger partial charge in [0.05, 0.1) is 16.3 Å². The maximum atomic E-state index is 12.7. The molecular formula is C20H12Cl2F3NO3. The number of oxazole rings is 1. The molecule has 2 aromatic carbocycles. The van der Waals surface area contributed by atoms with Gasteiger partial charge in [-0.3, -0.25) is 4.79 Å². The Bertz CT molecular complexity index is 1100. The normalized spacial score (nSPS) is 11.9. The van der Waals surface area contributed by atoms with Gasteiger partial charge in [-0.1, -0.05) is 23.2 Å². The first kappa shape index (κ1) is 21.0. The van der Waals surface area contributed by atoms with Gasteiger partial charge < -0.3 is 9.52 Å². The molecule has 1 aromatic heterocycles. The van der Waals surface area contributed by atoms with E-state index in [1.54, 1.807) is 6.92 Å². The summed E-state index contributed by atoms with van der Waals surface area (Å²) >= 11 is 11.9. The van der Waals surface area contributed by atoms with Gasteiger partial charge in [0, 0.05) is 5.56 Å². The zero-order chi connectivity index (χ0) is 21.3. The van der Waals surface area contributed by atoms with Crippen molar-refractivity contribution in [3.63, 3.8) is 0 Å². The van der Waals surface area contributed by atoms with Crippen molar-refractivity contribution < 1.29 is 27.5 Å². The van der Waals surface area contributed by atoms with Crippen molar-refractivity contribution in [2.45, 2.75) is 13.1 Å². The van der Waals surface area contributed by atoms with Crippen molar-refractivity contribution >= 4 is 35.1 Å². The number of aromatic hydroxyl groups is 1. The van der Waals surface area contributed by atoms with Gasteiger partial charge in [0.1, 0.15) is 10.8 Å². The molecule has 1 N–H and O–H groups in total. The summed E-state index contributed by atoms with van der Waals surface area (Å²) in [6, 6.07) is 7.07. The van der Waals surface area contributed by atoms with E-state index in [1.807, 2.05) is 0 Å². The van der Waals surface area contributed by atoms with Crippen LogP contribution in [0.15, 0.2) is 46.9 Å². The van der Waals surface area contributed by atoms with E-state index < -0.39 is 17.5 Å². The molecule has 3 rings (SSSR count). The number of halogens is 5. The maximum Gasteiger partial charge on any atom is 0.416 e. The van der Waals surface area contributed by atoms with Crippen molar-refractivity contribution in [3.05, 3.63) is 75.1 Å². The number of allylic oxidation sites excluding steroid dienone is 1. The van der Waals surface area contributed by atoms with Crippen LogP contribution in [0.5, 0.6) is 5.75 Å². The third-order valence-corrected chi connectivity index (χ3v) is 4.87. The highest BCUT2D eigenvalue weighted by molar-refractivity contribution is 6.43. The highest BCUT2D eigenvalue weighted by atomic mass is 35.5. The summed E-state index contributed by atoms with van der Waals surface area (Å²) in [5, 5.41) is 9.53. The predicted octanol–water partition coefficient (Wildman–Crippen LogP) is 6.58. The third-order valence-electron chi connectivity index (χ3n) is 3.99. The smallest absolute Gasteiger partial charge is 0.416 e. The Balaban J connectivity index is 1.85. The van der Waals surface area contributed by atoms with Gasteiger partial charge in [-0.25, -0.2) is 4.98 Å². The molecule has 9 heteroatoms. The fraction of sp³-hybridized carbons (Fsp3) is 0.100. The van der Waals surface area contributed by atoms with Crippen LogP contribution in [0.4, 0.5) is 13.2 Å². The van der Waals surface area contributed by atoms with Crippen molar-refractivity contribution in [3.8, 4) is 17.2 Å². The third kappa shape index (κ3) is 4.46. The largest absolute Gasteiger partial charge is 0.506 e. The summed E-state index contributed by atoms with van der Waals surface area (Å²) in [6.45, 7) is 1.54. The number of aromatic nitrogens is 1. The van der Waals surface area contributed by atoms with Crippen LogP contribution in [0.1, 0.15) is 27.4 Å². The first-order valence-electron chi connectivity index (χ1n) is 8.12. The average molecular weight is 442 g/mol. The number of nitrogens with zero attached hydrogens (tertiary/aromatic N) is 1. The Morgan fingerprint density at radius 2 is 1.76 bits per heavy atom. The molecule has 0 amide bonds. The zero-order valence-corrected chi connectivity index (χ0v) is 16.2. The Kier molecular flexibility index (Phi) is 5.73. The van der Waals surface area contributed by atoms with E-state index in [0.29, 0.717) is 11.1 Å². The van der Waals surface area contributed by atoms with Crippen LogP contribution >= 0.6 is 23.2 Å². The molecule has 0 radical (unpaired) electrons. The predicted molar refractivity (Wildman–Crippen MR) is 103 cm³/mol. The first-order chi connectivity index (χ1) is 13.6. The Morgan fingerprint density at radius 1 is 1.10 bits per heavy atom. The number of ketones is 1. The van der Waals surface area contributed by atoms with Gasteiger partial charge >= 0.3 is 6.18 Å². The standard InChI is InChI=1S/C20H12Cl2F3NO3/c1-10-18(15(28)9-5-11-4-8-14(27)17(22)16(11)21)29-19(26-10)12-2-6-13(7-3-12)20(23,24)25/h2-9,27H,1H3. The number of aryl methyl sites for hydroxylation is 1. The second-order valence-corrected chi connectivity index (χ2v) is 6.76. The minimum atomic E-state index is -4.45. The van der Waals surface area contributed by atoms with Crippen molar-refractivity contribution in [1.82, 2.24) is 4.98 Å². The second kappa shape index (κ2) is 7.93. The summed E-state index contributed by atoms with van der Waals surface area (Å²) in [5.41, 5.74) is 0.193. The van der Waals surface area contributed by atoms with Crippen molar-refractivity contribution in [2.24, 2.45) is 0 Å². The second-order valence-electron chi connectivity index (χ2n) is 6.01. The average Bonchev–Trinajstić information content (AvgIpc) is 3.06. The first-order valence-corrected chi connectivity index (χ1v) is 8.88. The number of carbonyl (C=O) groups excluding carboxylic acids is 1. The Hall–Kier alpha value is -2.77. The molecule has 0 unspecified atom stereocenters. The monoisotopic (exact) mass is 441 g/mol. The van der Waals surface area contributed by atoms with Crippen LogP contribution < -0.4 is 0 Å². The number of carbonyl (C=O) groups is 1. The van der Waals surface area contributed by atoms with Gasteiger partial charge in [0.2, 0.25) is 11.7 Å². The molecule has 1 heterocycles. The van der Waals surface area contributed by atoms with Crippen molar-refractivity contribution in [2.75, 3.05) is 0 Å². The minimum absolute atomic E-state index is 0.0266. The summed E-state index contributed by atoms with van der Waals surface area (Å²) in [4.78, 5) is 16.5. The Morgan fingerprint density at radius 3 is 2.38 bits per heavy atom. The van der Waals surface area contributed by atoms with E-state index in [4.69, 9.17) is 27.6 Å². The zero-order valence-electron chi connectivity index (χ0n) is 14.7. The number of rotatable bonds is 4. The van der Waals surface area contributed by atoms with E-state index in [2.05, 4.69) is 4.98 Å². The molecule has 0 aliphatic carbocycles. The Labute approximate surface area is 173 Å². The lowest BCUT2D eigenvalue weighted by Crippen LogP contribution is -2.03. The van der Waals surface area contributed by atoms with Gasteiger partial charge in [0.15, 0.2) is 5.76 Å². The quantitative estimate of drug-likeness (QED) is 0.366. The molecule has 29 heavy (non-hydrogen) atoms. The number of benzene rings is 2. The van der Waals surface area contributed by atoms with E-state index in [1.165, 1.54) is 36.4 Å². The lowest BCUT2D eigenvalue weighted by Gasteiger charge is -2.06. The lowest BCUT2D eigenvalue weighted by atomic mass is 10.1. The topological polar surface area (TPSA) is 63.3 Å². The van der Waals surface area contributed by atoms with Gasteiger partial charge in [0.25, 0.3) is 0 Å². The van der Waals surface area contributed by atoms with Crippen LogP contribution in [-0.2, 0) is 6.18 Å². The molecule has 4 nitrogen and oxygen atoms in total. The molecule has 0 atom stereocenters. The van der Waals surface area contributed by atoms with Gasteiger partial charge in [-0.2, -0.15) is 13.2 Å². The minimum Gasteiger partial charge on any atom is -0.506 e. The van der Waals surface area contributed by atoms with Crippen LogP contribution in [0.2, 0.25) is 10.0 Å². The van der Waals surface area contributed by atoms with Crippen LogP contribution in [0.25, 0.3) is 17.5 Å². The molecule has 0 fully saturated rings. The van der Waals surface area contributed by atoms with Crippen molar-refractivity contribution in [1.29, 1.82) is 0 Å². The van der Waals surface area contributed by atoms with Gasteiger partial charge in [-0.05, 0) is 61.0 Å². The highest BCUT2D eigenvalue weighted by Gasteiger charge is 2.30. The van der Waals surface area contributed by atoms with Crippen LogP contribution in [0, 0.1) is 6.92 Å². The fourth-order valence-electron chi connectivity index (χ4n) is 2.47. The molecule has 0 spiro atoms. The summed E-state index contributed by atoms with van der Waals surface area (Å²) in [5.74, 6) is -0.739. The number of hydrogen-bond acceptors (Lipinski definition) is 4. The summed E-state index contributed by atoms with van der Waals surface area (Å²) in [6.07, 6.45) is -1.86. The summed E-state index contributed by atoms with van der Waals surface area (Å²) < 4.78 is 43.5. The molecule has 0 bridgehead atoms. The van der Waals surface area contributed by atoms with E-state index in [-0.39, 0.29) is 33.1 Å². The molecular weight excluding hydrogens is 430 g/mol. The SMILES string of the molecule is Cc1nc(-c2ccc(C(F)(F)F)cc2)oc1C(=O)C=Cc1ccc(O)c(Cl)c1Cl.